The molecule has 0 amide bonds. The highest BCUT2D eigenvalue weighted by atomic mass is 15.1. The van der Waals surface area contributed by atoms with Crippen molar-refractivity contribution in [3.63, 3.8) is 0 Å². The predicted molar refractivity (Wildman–Crippen MR) is 228 cm³/mol. The van der Waals surface area contributed by atoms with Gasteiger partial charge >= 0.3 is 0 Å². The second-order valence-corrected chi connectivity index (χ2v) is 16.4. The van der Waals surface area contributed by atoms with E-state index in [9.17, 15) is 0 Å². The highest BCUT2D eigenvalue weighted by Crippen LogP contribution is 2.57. The second kappa shape index (κ2) is 10.7. The Morgan fingerprint density at radius 2 is 0.667 bits per heavy atom. The van der Waals surface area contributed by atoms with Gasteiger partial charge in [-0.3, -0.25) is 0 Å². The van der Waals surface area contributed by atoms with Crippen molar-refractivity contribution in [2.24, 2.45) is 0 Å². The van der Waals surface area contributed by atoms with E-state index in [1.165, 1.54) is 100.0 Å². The topological polar surface area (TPSA) is 16.3 Å². The Morgan fingerprint density at radius 3 is 1.07 bits per heavy atom. The summed E-state index contributed by atoms with van der Waals surface area (Å²) in [7, 11) is 4.52. The molecule has 0 N–H and O–H groups in total. The monoisotopic (exact) mass is 698 g/mol. The van der Waals surface area contributed by atoms with E-state index in [0.717, 1.165) is 0 Å². The van der Waals surface area contributed by atoms with Crippen LogP contribution in [0.1, 0.15) is 49.9 Å². The lowest BCUT2D eigenvalue weighted by Gasteiger charge is -2.45. The lowest BCUT2D eigenvalue weighted by molar-refractivity contribution is 0.613. The average Bonchev–Trinajstić information content (AvgIpc) is 3.70. The van der Waals surface area contributed by atoms with Gasteiger partial charge in [-0.25, -0.2) is 0 Å². The van der Waals surface area contributed by atoms with Crippen LogP contribution < -0.4 is 9.80 Å². The minimum atomic E-state index is -0.239. The van der Waals surface area contributed by atoms with Gasteiger partial charge in [-0.15, -0.1) is 0 Å². The fraction of sp³-hybridized carbons (Fsp3) is 0.160. The second-order valence-electron chi connectivity index (χ2n) is 16.4. The van der Waals surface area contributed by atoms with Crippen molar-refractivity contribution >= 4 is 66.4 Å². The molecule has 0 atom stereocenters. The highest BCUT2D eigenvalue weighted by molar-refractivity contribution is 6.13. The van der Waals surface area contributed by atoms with Gasteiger partial charge in [-0.1, -0.05) is 100 Å². The third kappa shape index (κ3) is 3.98. The molecular formula is C50H42N4. The SMILES string of the molecule is CN1c2cc3c(cc2C(C)(C)c2cc4c(cc21)c1ccccc1n4-c1ccccc1)N(C)c1cc2c4ccccc4n(-c4ccccc4)c2cc1C3(C)C. The Balaban J connectivity index is 1.13. The number of fused-ring (bicyclic) bond motifs is 10. The molecule has 0 saturated heterocycles. The summed E-state index contributed by atoms with van der Waals surface area (Å²) in [5.74, 6) is 0. The van der Waals surface area contributed by atoms with Crippen molar-refractivity contribution in [1.29, 1.82) is 0 Å². The number of nitrogens with zero attached hydrogens (tertiary/aromatic N) is 4. The fourth-order valence-electron chi connectivity index (χ4n) is 9.96. The van der Waals surface area contributed by atoms with Crippen molar-refractivity contribution in [1.82, 2.24) is 9.13 Å². The van der Waals surface area contributed by atoms with Gasteiger partial charge in [0.15, 0.2) is 0 Å². The van der Waals surface area contributed by atoms with Crippen molar-refractivity contribution in [2.75, 3.05) is 23.9 Å². The van der Waals surface area contributed by atoms with Crippen LogP contribution in [-0.2, 0) is 10.8 Å². The van der Waals surface area contributed by atoms with E-state index < -0.39 is 0 Å². The predicted octanol–water partition coefficient (Wildman–Crippen LogP) is 12.7. The summed E-state index contributed by atoms with van der Waals surface area (Å²) in [6, 6.07) is 54.1. The van der Waals surface area contributed by atoms with Crippen molar-refractivity contribution < 1.29 is 0 Å². The Kier molecular flexibility index (Phi) is 6.18. The van der Waals surface area contributed by atoms with Crippen molar-refractivity contribution in [3.05, 3.63) is 168 Å². The maximum Gasteiger partial charge on any atom is 0.0545 e. The van der Waals surface area contributed by atoms with E-state index >= 15 is 0 Å². The van der Waals surface area contributed by atoms with Crippen LogP contribution in [0.5, 0.6) is 0 Å². The van der Waals surface area contributed by atoms with Gasteiger partial charge < -0.3 is 18.9 Å². The summed E-state index contributed by atoms with van der Waals surface area (Å²) in [6.07, 6.45) is 0. The quantitative estimate of drug-likeness (QED) is 0.179. The van der Waals surface area contributed by atoms with Gasteiger partial charge in [0.2, 0.25) is 0 Å². The molecule has 0 radical (unpaired) electrons. The molecule has 4 heteroatoms. The Labute approximate surface area is 316 Å². The molecule has 7 aromatic carbocycles. The molecule has 0 saturated carbocycles. The lowest BCUT2D eigenvalue weighted by Crippen LogP contribution is -2.35. The maximum absolute atomic E-state index is 2.50. The van der Waals surface area contributed by atoms with E-state index in [-0.39, 0.29) is 10.8 Å². The molecule has 2 aromatic heterocycles. The molecule has 0 spiro atoms. The zero-order valence-corrected chi connectivity index (χ0v) is 31.6. The average molecular weight is 699 g/mol. The van der Waals surface area contributed by atoms with Gasteiger partial charge in [0, 0.05) is 80.6 Å². The summed E-state index contributed by atoms with van der Waals surface area (Å²) in [4.78, 5) is 4.90. The summed E-state index contributed by atoms with van der Waals surface area (Å²) >= 11 is 0. The van der Waals surface area contributed by atoms with Gasteiger partial charge in [-0.2, -0.15) is 0 Å². The first-order chi connectivity index (χ1) is 26.1. The molecule has 0 fully saturated rings. The zero-order valence-electron chi connectivity index (χ0n) is 31.6. The number of hydrogen-bond acceptors (Lipinski definition) is 2. The van der Waals surface area contributed by atoms with Crippen molar-refractivity contribution in [3.8, 4) is 11.4 Å². The van der Waals surface area contributed by atoms with Crippen LogP contribution in [-0.4, -0.2) is 23.2 Å². The van der Waals surface area contributed by atoms with Crippen LogP contribution in [0.25, 0.3) is 55.0 Å². The van der Waals surface area contributed by atoms with Crippen LogP contribution in [0.3, 0.4) is 0 Å². The first-order valence-electron chi connectivity index (χ1n) is 19.1. The van der Waals surface area contributed by atoms with E-state index in [1.54, 1.807) is 0 Å². The smallest absolute Gasteiger partial charge is 0.0545 e. The minimum Gasteiger partial charge on any atom is -0.344 e. The summed E-state index contributed by atoms with van der Waals surface area (Å²) in [5, 5.41) is 5.12. The normalized spacial score (nSPS) is 15.4. The maximum atomic E-state index is 2.50. The van der Waals surface area contributed by atoms with Gasteiger partial charge in [0.05, 0.1) is 22.1 Å². The molecule has 2 aliphatic heterocycles. The molecule has 0 aliphatic carbocycles. The van der Waals surface area contributed by atoms with Crippen LogP contribution in [0.4, 0.5) is 22.7 Å². The third-order valence-electron chi connectivity index (χ3n) is 12.9. The molecule has 2 aliphatic rings. The van der Waals surface area contributed by atoms with Gasteiger partial charge in [0.1, 0.15) is 0 Å². The van der Waals surface area contributed by atoms with E-state index in [1.807, 2.05) is 0 Å². The summed E-state index contributed by atoms with van der Waals surface area (Å²) < 4.78 is 4.87. The first kappa shape index (κ1) is 31.3. The van der Waals surface area contributed by atoms with Crippen LogP contribution >= 0.6 is 0 Å². The molecule has 9 aromatic rings. The number of hydrogen-bond donors (Lipinski definition) is 0. The summed E-state index contributed by atoms with van der Waals surface area (Å²) in [6.45, 7) is 9.65. The molecule has 11 rings (SSSR count). The van der Waals surface area contributed by atoms with Crippen LogP contribution in [0.2, 0.25) is 0 Å². The third-order valence-corrected chi connectivity index (χ3v) is 12.9. The van der Waals surface area contributed by atoms with E-state index in [4.69, 9.17) is 0 Å². The molecule has 0 unspecified atom stereocenters. The zero-order chi connectivity index (χ0) is 36.7. The molecule has 54 heavy (non-hydrogen) atoms. The standard InChI is InChI=1S/C50H42N4/c1-49(2)37-27-43-35(33-21-13-15-23-41(33)53(43)31-17-9-7-10-18-31)25-45(37)51(5)47-30-40-48(29-39(47)49)52(6)46-26-36-34-22-14-16-24-42(34)54(32-19-11-8-12-20-32)44(36)28-38(46)50(40,3)4/h7-30H,1-6H3. The van der Waals surface area contributed by atoms with E-state index in [0.29, 0.717) is 0 Å². The van der Waals surface area contributed by atoms with Crippen LogP contribution in [0, 0.1) is 0 Å². The lowest BCUT2D eigenvalue weighted by atomic mass is 9.69. The minimum absolute atomic E-state index is 0.239. The number of rotatable bonds is 2. The van der Waals surface area contributed by atoms with Crippen LogP contribution in [0.15, 0.2) is 146 Å². The van der Waals surface area contributed by atoms with Gasteiger partial charge in [0.25, 0.3) is 0 Å². The molecule has 4 heterocycles. The molecule has 262 valence electrons. The largest absolute Gasteiger partial charge is 0.344 e. The fourth-order valence-corrected chi connectivity index (χ4v) is 9.96. The number of benzene rings is 7. The molecule has 0 bridgehead atoms. The number of aromatic nitrogens is 2. The highest BCUT2D eigenvalue weighted by Gasteiger charge is 2.42. The number of para-hydroxylation sites is 4. The Morgan fingerprint density at radius 1 is 0.333 bits per heavy atom. The Bertz CT molecular complexity index is 2810. The van der Waals surface area contributed by atoms with Gasteiger partial charge in [-0.05, 0) is 95.1 Å². The molecule has 4 nitrogen and oxygen atoms in total. The number of anilines is 4. The van der Waals surface area contributed by atoms with E-state index in [2.05, 4.69) is 206 Å². The van der Waals surface area contributed by atoms with Crippen molar-refractivity contribution in [2.45, 2.75) is 38.5 Å². The first-order valence-corrected chi connectivity index (χ1v) is 19.1. The molecular weight excluding hydrogens is 657 g/mol. The Hall–Kier alpha value is -6.26. The summed E-state index contributed by atoms with van der Waals surface area (Å²) in [5.41, 5.74) is 17.3.